The Morgan fingerprint density at radius 2 is 2.06 bits per heavy atom. The third kappa shape index (κ3) is 2.31. The Morgan fingerprint density at radius 3 is 2.72 bits per heavy atom. The van der Waals surface area contributed by atoms with Crippen molar-refractivity contribution in [3.05, 3.63) is 33.8 Å². The summed E-state index contributed by atoms with van der Waals surface area (Å²) in [6, 6.07) is 3.98. The molecule has 2 rings (SSSR count). The van der Waals surface area contributed by atoms with Crippen LogP contribution in [0.2, 0.25) is 10.0 Å². The van der Waals surface area contributed by atoms with Gasteiger partial charge in [0, 0.05) is 6.54 Å². The molecule has 4 nitrogen and oxygen atoms in total. The fraction of sp³-hybridized carbons (Fsp3) is 0.333. The summed E-state index contributed by atoms with van der Waals surface area (Å²) in [6.45, 7) is 0.429. The molecule has 0 bridgehead atoms. The number of carboxylic acids is 1. The topological polar surface area (TPSA) is 57.6 Å². The lowest BCUT2D eigenvalue weighted by molar-refractivity contribution is -0.141. The average molecular weight is 288 g/mol. The summed E-state index contributed by atoms with van der Waals surface area (Å²) in [6.07, 6.45) is 1.15. The summed E-state index contributed by atoms with van der Waals surface area (Å²) in [5.41, 5.74) is 0.248. The van der Waals surface area contributed by atoms with E-state index in [9.17, 15) is 9.59 Å². The lowest BCUT2D eigenvalue weighted by atomic mass is 10.1. The fourth-order valence-corrected chi connectivity index (χ4v) is 2.47. The van der Waals surface area contributed by atoms with Crippen LogP contribution in [0.15, 0.2) is 18.2 Å². The number of rotatable bonds is 2. The molecule has 1 atom stereocenters. The van der Waals surface area contributed by atoms with E-state index >= 15 is 0 Å². The zero-order valence-corrected chi connectivity index (χ0v) is 10.9. The van der Waals surface area contributed by atoms with Crippen molar-refractivity contribution >= 4 is 35.1 Å². The molecule has 1 N–H and O–H groups in total. The van der Waals surface area contributed by atoms with E-state index in [1.807, 2.05) is 0 Å². The van der Waals surface area contributed by atoms with E-state index < -0.39 is 12.0 Å². The van der Waals surface area contributed by atoms with Gasteiger partial charge in [0.1, 0.15) is 6.04 Å². The molecule has 96 valence electrons. The maximum atomic E-state index is 12.3. The van der Waals surface area contributed by atoms with Gasteiger partial charge in [0.25, 0.3) is 5.91 Å². The molecular weight excluding hydrogens is 277 g/mol. The van der Waals surface area contributed by atoms with Gasteiger partial charge in [0.05, 0.1) is 15.6 Å². The van der Waals surface area contributed by atoms with E-state index in [4.69, 9.17) is 28.3 Å². The van der Waals surface area contributed by atoms with Crippen LogP contribution in [0.25, 0.3) is 0 Å². The van der Waals surface area contributed by atoms with Crippen molar-refractivity contribution in [3.8, 4) is 0 Å². The number of nitrogens with zero attached hydrogens (tertiary/aromatic N) is 1. The number of benzene rings is 1. The average Bonchev–Trinajstić information content (AvgIpc) is 2.81. The van der Waals surface area contributed by atoms with E-state index in [2.05, 4.69) is 0 Å². The number of likely N-dealkylation sites (tertiary alicyclic amines) is 1. The highest BCUT2D eigenvalue weighted by molar-refractivity contribution is 6.43. The van der Waals surface area contributed by atoms with E-state index in [1.54, 1.807) is 18.2 Å². The molecule has 0 radical (unpaired) electrons. The minimum atomic E-state index is -0.987. The van der Waals surface area contributed by atoms with Crippen LogP contribution in [0.3, 0.4) is 0 Å². The standard InChI is InChI=1S/C12H11Cl2NO3/c13-8-4-1-3-7(10(8)14)11(16)15-6-2-5-9(15)12(17)18/h1,3-4,9H,2,5-6H2,(H,17,18)/t9-/m0/s1. The highest BCUT2D eigenvalue weighted by Gasteiger charge is 2.35. The lowest BCUT2D eigenvalue weighted by Gasteiger charge is -2.22. The molecule has 0 saturated carbocycles. The molecule has 0 aromatic heterocycles. The Balaban J connectivity index is 2.31. The molecule has 1 fully saturated rings. The van der Waals surface area contributed by atoms with Crippen LogP contribution in [-0.2, 0) is 4.79 Å². The molecule has 1 aliphatic rings. The minimum absolute atomic E-state index is 0.167. The van der Waals surface area contributed by atoms with Crippen LogP contribution in [0, 0.1) is 0 Å². The largest absolute Gasteiger partial charge is 0.480 e. The summed E-state index contributed by atoms with van der Waals surface area (Å²) >= 11 is 11.8. The number of aliphatic carboxylic acids is 1. The second kappa shape index (κ2) is 5.16. The van der Waals surface area contributed by atoms with E-state index in [-0.39, 0.29) is 21.5 Å². The zero-order chi connectivity index (χ0) is 13.3. The maximum absolute atomic E-state index is 12.3. The van der Waals surface area contributed by atoms with Gasteiger partial charge in [0.2, 0.25) is 0 Å². The highest BCUT2D eigenvalue weighted by Crippen LogP contribution is 2.28. The fourth-order valence-electron chi connectivity index (χ4n) is 2.09. The molecule has 1 aromatic rings. The number of amides is 1. The highest BCUT2D eigenvalue weighted by atomic mass is 35.5. The minimum Gasteiger partial charge on any atom is -0.480 e. The predicted molar refractivity (Wildman–Crippen MR) is 68.2 cm³/mol. The number of halogens is 2. The van der Waals surface area contributed by atoms with Gasteiger partial charge in [-0.15, -0.1) is 0 Å². The van der Waals surface area contributed by atoms with Crippen molar-refractivity contribution in [1.29, 1.82) is 0 Å². The zero-order valence-electron chi connectivity index (χ0n) is 9.40. The van der Waals surface area contributed by atoms with Crippen molar-refractivity contribution < 1.29 is 14.7 Å². The van der Waals surface area contributed by atoms with Gasteiger partial charge in [0.15, 0.2) is 0 Å². The summed E-state index contributed by atoms with van der Waals surface area (Å²) < 4.78 is 0. The Bertz CT molecular complexity index is 504. The Morgan fingerprint density at radius 1 is 1.33 bits per heavy atom. The van der Waals surface area contributed by atoms with Crippen molar-refractivity contribution in [2.75, 3.05) is 6.54 Å². The van der Waals surface area contributed by atoms with Gasteiger partial charge in [-0.2, -0.15) is 0 Å². The molecule has 0 spiro atoms. The molecule has 6 heteroatoms. The number of carboxylic acid groups (broad SMARTS) is 1. The van der Waals surface area contributed by atoms with Crippen LogP contribution in [0.1, 0.15) is 23.2 Å². The molecule has 0 aliphatic carbocycles. The van der Waals surface area contributed by atoms with Gasteiger partial charge < -0.3 is 10.0 Å². The Kier molecular flexibility index (Phi) is 3.78. The van der Waals surface area contributed by atoms with Crippen LogP contribution >= 0.6 is 23.2 Å². The van der Waals surface area contributed by atoms with Crippen LogP contribution in [0.5, 0.6) is 0 Å². The van der Waals surface area contributed by atoms with Crippen molar-refractivity contribution in [2.45, 2.75) is 18.9 Å². The molecule has 1 heterocycles. The van der Waals surface area contributed by atoms with Gasteiger partial charge in [-0.25, -0.2) is 4.79 Å². The summed E-state index contributed by atoms with van der Waals surface area (Å²) in [5, 5.41) is 9.50. The molecule has 0 unspecified atom stereocenters. The molecule has 18 heavy (non-hydrogen) atoms. The second-order valence-corrected chi connectivity index (χ2v) is 4.88. The van der Waals surface area contributed by atoms with E-state index in [0.717, 1.165) is 0 Å². The number of carbonyl (C=O) groups is 2. The van der Waals surface area contributed by atoms with Gasteiger partial charge in [-0.05, 0) is 25.0 Å². The summed E-state index contributed by atoms with van der Waals surface area (Å²) in [4.78, 5) is 24.6. The predicted octanol–water partition coefficient (Wildman–Crippen LogP) is 2.68. The first-order valence-corrected chi connectivity index (χ1v) is 6.25. The molecule has 1 amide bonds. The summed E-state index contributed by atoms with van der Waals surface area (Å²) in [5.74, 6) is -1.37. The van der Waals surface area contributed by atoms with Crippen LogP contribution < -0.4 is 0 Å². The number of hydrogen-bond donors (Lipinski definition) is 1. The van der Waals surface area contributed by atoms with Gasteiger partial charge in [-0.1, -0.05) is 29.3 Å². The first-order chi connectivity index (χ1) is 8.52. The van der Waals surface area contributed by atoms with Crippen molar-refractivity contribution in [3.63, 3.8) is 0 Å². The first-order valence-electron chi connectivity index (χ1n) is 5.50. The number of hydrogen-bond acceptors (Lipinski definition) is 2. The van der Waals surface area contributed by atoms with E-state index in [0.29, 0.717) is 19.4 Å². The van der Waals surface area contributed by atoms with Crippen molar-refractivity contribution in [2.24, 2.45) is 0 Å². The maximum Gasteiger partial charge on any atom is 0.326 e. The first kappa shape index (κ1) is 13.2. The normalized spacial score (nSPS) is 19.0. The third-order valence-electron chi connectivity index (χ3n) is 2.98. The third-order valence-corrected chi connectivity index (χ3v) is 3.80. The monoisotopic (exact) mass is 287 g/mol. The molecular formula is C12H11Cl2NO3. The summed E-state index contributed by atoms with van der Waals surface area (Å²) in [7, 11) is 0. The van der Waals surface area contributed by atoms with E-state index in [1.165, 1.54) is 4.90 Å². The lowest BCUT2D eigenvalue weighted by Crippen LogP contribution is -2.40. The van der Waals surface area contributed by atoms with Crippen LogP contribution in [0.4, 0.5) is 0 Å². The van der Waals surface area contributed by atoms with Gasteiger partial charge >= 0.3 is 5.97 Å². The molecule has 1 aliphatic heterocycles. The quantitative estimate of drug-likeness (QED) is 0.910. The molecule has 1 aromatic carbocycles. The Labute approximate surface area is 114 Å². The molecule has 1 saturated heterocycles. The Hall–Kier alpha value is -1.26. The SMILES string of the molecule is O=C(O)[C@@H]1CCCN1C(=O)c1cccc(Cl)c1Cl. The number of carbonyl (C=O) groups excluding carboxylic acids is 1. The smallest absolute Gasteiger partial charge is 0.326 e. The van der Waals surface area contributed by atoms with Crippen molar-refractivity contribution in [1.82, 2.24) is 4.90 Å². The van der Waals surface area contributed by atoms with Crippen LogP contribution in [-0.4, -0.2) is 34.5 Å². The second-order valence-electron chi connectivity index (χ2n) is 4.10. The van der Waals surface area contributed by atoms with Gasteiger partial charge in [-0.3, -0.25) is 4.79 Å².